The number of carboxylic acids is 1. The summed E-state index contributed by atoms with van der Waals surface area (Å²) >= 11 is 0. The smallest absolute Gasteiger partial charge is 0.322 e. The van der Waals surface area contributed by atoms with Crippen molar-refractivity contribution in [1.82, 2.24) is 10.2 Å². The lowest BCUT2D eigenvalue weighted by Gasteiger charge is -2.45. The van der Waals surface area contributed by atoms with Gasteiger partial charge in [-0.3, -0.25) is 9.69 Å². The van der Waals surface area contributed by atoms with Crippen LogP contribution >= 0.6 is 0 Å². The summed E-state index contributed by atoms with van der Waals surface area (Å²) in [7, 11) is 0. The zero-order valence-corrected chi connectivity index (χ0v) is 11.4. The molecule has 104 valence electrons. The Morgan fingerprint density at radius 1 is 1.33 bits per heavy atom. The van der Waals surface area contributed by atoms with E-state index in [1.807, 2.05) is 6.92 Å². The van der Waals surface area contributed by atoms with Crippen LogP contribution in [0.2, 0.25) is 0 Å². The number of carbonyl (C=O) groups is 1. The van der Waals surface area contributed by atoms with Gasteiger partial charge in [0.2, 0.25) is 0 Å². The highest BCUT2D eigenvalue weighted by Crippen LogP contribution is 2.35. The molecule has 4 nitrogen and oxygen atoms in total. The molecule has 0 amide bonds. The van der Waals surface area contributed by atoms with Gasteiger partial charge < -0.3 is 10.4 Å². The molecule has 1 saturated heterocycles. The van der Waals surface area contributed by atoms with E-state index in [1.165, 1.54) is 38.5 Å². The van der Waals surface area contributed by atoms with E-state index in [4.69, 9.17) is 0 Å². The molecule has 2 fully saturated rings. The molecule has 1 saturated carbocycles. The minimum atomic E-state index is -0.713. The first-order valence-electron chi connectivity index (χ1n) is 7.42. The molecule has 0 aromatic heterocycles. The van der Waals surface area contributed by atoms with Gasteiger partial charge in [0.15, 0.2) is 0 Å². The van der Waals surface area contributed by atoms with Gasteiger partial charge in [0.05, 0.1) is 0 Å². The van der Waals surface area contributed by atoms with Crippen molar-refractivity contribution in [1.29, 1.82) is 0 Å². The molecule has 0 aromatic rings. The van der Waals surface area contributed by atoms with Crippen LogP contribution in [0.3, 0.4) is 0 Å². The number of rotatable bonds is 5. The number of nitrogens with zero attached hydrogens (tertiary/aromatic N) is 1. The second-order valence-electron chi connectivity index (χ2n) is 5.70. The molecule has 3 atom stereocenters. The molecule has 0 aromatic carbocycles. The number of carboxylic acid groups (broad SMARTS) is 1. The summed E-state index contributed by atoms with van der Waals surface area (Å²) in [6.07, 6.45) is 7.88. The molecule has 1 aliphatic carbocycles. The number of hydrogen-bond donors (Lipinski definition) is 2. The lowest BCUT2D eigenvalue weighted by Crippen LogP contribution is -2.53. The number of likely N-dealkylation sites (N-methyl/N-ethyl adjacent to an activating group) is 1. The van der Waals surface area contributed by atoms with Crippen LogP contribution in [0.15, 0.2) is 0 Å². The van der Waals surface area contributed by atoms with Gasteiger partial charge in [-0.25, -0.2) is 0 Å². The average molecular weight is 254 g/mol. The number of fused-ring (bicyclic) bond motifs is 1. The van der Waals surface area contributed by atoms with Crippen molar-refractivity contribution in [3.8, 4) is 0 Å². The maximum atomic E-state index is 11.2. The van der Waals surface area contributed by atoms with E-state index < -0.39 is 12.0 Å². The Morgan fingerprint density at radius 2 is 2.06 bits per heavy atom. The first kappa shape index (κ1) is 13.8. The van der Waals surface area contributed by atoms with E-state index in [-0.39, 0.29) is 0 Å². The van der Waals surface area contributed by atoms with Crippen molar-refractivity contribution in [2.45, 2.75) is 57.5 Å². The molecule has 0 spiro atoms. The number of piperidine rings is 1. The normalized spacial score (nSPS) is 30.7. The van der Waals surface area contributed by atoms with Crippen molar-refractivity contribution in [2.24, 2.45) is 5.92 Å². The number of likely N-dealkylation sites (tertiary alicyclic amines) is 1. The van der Waals surface area contributed by atoms with Crippen LogP contribution in [-0.4, -0.2) is 47.7 Å². The quantitative estimate of drug-likeness (QED) is 0.784. The summed E-state index contributed by atoms with van der Waals surface area (Å²) in [4.78, 5) is 13.7. The maximum Gasteiger partial charge on any atom is 0.322 e. The predicted molar refractivity (Wildman–Crippen MR) is 71.7 cm³/mol. The van der Waals surface area contributed by atoms with E-state index in [0.29, 0.717) is 12.6 Å². The highest BCUT2D eigenvalue weighted by Gasteiger charge is 2.34. The number of nitrogens with one attached hydrogen (secondary N) is 1. The van der Waals surface area contributed by atoms with Crippen molar-refractivity contribution in [3.05, 3.63) is 0 Å². The Morgan fingerprint density at radius 3 is 2.78 bits per heavy atom. The summed E-state index contributed by atoms with van der Waals surface area (Å²) in [6.45, 7) is 4.44. The molecule has 18 heavy (non-hydrogen) atoms. The molecule has 3 unspecified atom stereocenters. The molecule has 4 heteroatoms. The van der Waals surface area contributed by atoms with Gasteiger partial charge in [0.1, 0.15) is 6.04 Å². The topological polar surface area (TPSA) is 52.6 Å². The number of hydrogen-bond acceptors (Lipinski definition) is 3. The molecule has 2 N–H and O–H groups in total. The van der Waals surface area contributed by atoms with Gasteiger partial charge >= 0.3 is 5.97 Å². The first-order valence-corrected chi connectivity index (χ1v) is 7.42. The monoisotopic (exact) mass is 254 g/mol. The third-order valence-corrected chi connectivity index (χ3v) is 4.52. The van der Waals surface area contributed by atoms with E-state index in [2.05, 4.69) is 10.2 Å². The van der Waals surface area contributed by atoms with Crippen molar-refractivity contribution < 1.29 is 9.90 Å². The molecule has 1 heterocycles. The van der Waals surface area contributed by atoms with Crippen LogP contribution in [0.5, 0.6) is 0 Å². The predicted octanol–water partition coefficient (Wildman–Crippen LogP) is 1.70. The van der Waals surface area contributed by atoms with Gasteiger partial charge in [-0.1, -0.05) is 19.8 Å². The zero-order chi connectivity index (χ0) is 13.0. The first-order chi connectivity index (χ1) is 8.72. The minimum absolute atomic E-state index is 0.407. The Hall–Kier alpha value is -0.610. The van der Waals surface area contributed by atoms with Crippen molar-refractivity contribution in [2.75, 3.05) is 19.6 Å². The molecule has 1 aliphatic heterocycles. The zero-order valence-electron chi connectivity index (χ0n) is 11.4. The highest BCUT2D eigenvalue weighted by atomic mass is 16.4. The number of aliphatic carboxylic acids is 1. The van der Waals surface area contributed by atoms with Crippen LogP contribution in [-0.2, 0) is 4.79 Å². The third-order valence-electron chi connectivity index (χ3n) is 4.52. The van der Waals surface area contributed by atoms with Gasteiger partial charge in [0.25, 0.3) is 0 Å². The van der Waals surface area contributed by atoms with E-state index in [1.54, 1.807) is 0 Å². The van der Waals surface area contributed by atoms with E-state index in [9.17, 15) is 9.90 Å². The largest absolute Gasteiger partial charge is 0.480 e. The second-order valence-corrected chi connectivity index (χ2v) is 5.70. The van der Waals surface area contributed by atoms with Gasteiger partial charge in [0, 0.05) is 12.6 Å². The third kappa shape index (κ3) is 3.23. The van der Waals surface area contributed by atoms with Crippen LogP contribution in [0.1, 0.15) is 45.4 Å². The van der Waals surface area contributed by atoms with Crippen LogP contribution < -0.4 is 5.32 Å². The Bertz CT molecular complexity index is 281. The molecular formula is C14H26N2O2. The molecule has 2 rings (SSSR count). The fraction of sp³-hybridized carbons (Fsp3) is 0.929. The van der Waals surface area contributed by atoms with E-state index >= 15 is 0 Å². The van der Waals surface area contributed by atoms with Crippen LogP contribution in [0, 0.1) is 5.92 Å². The Labute approximate surface area is 110 Å². The SMILES string of the molecule is CCNC(CN1CCCC2CCCCC21)C(=O)O. The second kappa shape index (κ2) is 6.53. The Kier molecular flexibility index (Phi) is 5.01. The summed E-state index contributed by atoms with van der Waals surface area (Å²) in [5, 5.41) is 12.3. The average Bonchev–Trinajstić information content (AvgIpc) is 2.38. The summed E-state index contributed by atoms with van der Waals surface area (Å²) in [6, 6.07) is 0.240. The fourth-order valence-corrected chi connectivity index (χ4v) is 3.67. The van der Waals surface area contributed by atoms with Crippen molar-refractivity contribution in [3.63, 3.8) is 0 Å². The maximum absolute atomic E-state index is 11.2. The standard InChI is InChI=1S/C14H26N2O2/c1-2-15-12(14(17)18)10-16-9-5-7-11-6-3-4-8-13(11)16/h11-13,15H,2-10H2,1H3,(H,17,18). The molecule has 0 bridgehead atoms. The Balaban J connectivity index is 1.95. The lowest BCUT2D eigenvalue weighted by atomic mass is 9.78. The van der Waals surface area contributed by atoms with Crippen LogP contribution in [0.25, 0.3) is 0 Å². The van der Waals surface area contributed by atoms with Gasteiger partial charge in [-0.15, -0.1) is 0 Å². The summed E-state index contributed by atoms with van der Waals surface area (Å²) in [5.74, 6) is 0.110. The lowest BCUT2D eigenvalue weighted by molar-refractivity contribution is -0.140. The molecule has 0 radical (unpaired) electrons. The summed E-state index contributed by atoms with van der Waals surface area (Å²) in [5.41, 5.74) is 0. The fourth-order valence-electron chi connectivity index (χ4n) is 3.67. The molecule has 2 aliphatic rings. The minimum Gasteiger partial charge on any atom is -0.480 e. The molecular weight excluding hydrogens is 228 g/mol. The van der Waals surface area contributed by atoms with Crippen molar-refractivity contribution >= 4 is 5.97 Å². The van der Waals surface area contributed by atoms with Crippen LogP contribution in [0.4, 0.5) is 0 Å². The highest BCUT2D eigenvalue weighted by molar-refractivity contribution is 5.73. The van der Waals surface area contributed by atoms with Gasteiger partial charge in [-0.05, 0) is 44.7 Å². The van der Waals surface area contributed by atoms with E-state index in [0.717, 1.165) is 19.0 Å². The summed E-state index contributed by atoms with van der Waals surface area (Å²) < 4.78 is 0. The van der Waals surface area contributed by atoms with Gasteiger partial charge in [-0.2, -0.15) is 0 Å².